The van der Waals surface area contributed by atoms with Crippen LogP contribution in [-0.2, 0) is 0 Å². The molecule has 1 aliphatic carbocycles. The maximum absolute atomic E-state index is 12.4. The van der Waals surface area contributed by atoms with Gasteiger partial charge in [0.1, 0.15) is 5.84 Å². The van der Waals surface area contributed by atoms with Gasteiger partial charge in [0.05, 0.1) is 0 Å². The van der Waals surface area contributed by atoms with Crippen LogP contribution in [0.4, 0.5) is 0 Å². The summed E-state index contributed by atoms with van der Waals surface area (Å²) in [5.41, 5.74) is 6.11. The Morgan fingerprint density at radius 2 is 2.26 bits per heavy atom. The fraction of sp³-hybridized carbons (Fsp3) is 0.385. The molecule has 0 aliphatic heterocycles. The number of carbonyl (C=O) groups excluding carboxylic acids is 1. The van der Waals surface area contributed by atoms with Crippen LogP contribution in [0.5, 0.6) is 0 Å². The van der Waals surface area contributed by atoms with Crippen molar-refractivity contribution in [2.45, 2.75) is 25.3 Å². The largest absolute Gasteiger partial charge is 0.409 e. The zero-order valence-corrected chi connectivity index (χ0v) is 12.0. The molecule has 2 rings (SSSR count). The molecule has 1 fully saturated rings. The van der Waals surface area contributed by atoms with E-state index >= 15 is 0 Å². The van der Waals surface area contributed by atoms with Crippen LogP contribution < -0.4 is 5.73 Å². The maximum Gasteiger partial charge on any atom is 0.254 e. The van der Waals surface area contributed by atoms with Crippen molar-refractivity contribution in [2.24, 2.45) is 10.9 Å². The van der Waals surface area contributed by atoms with Crippen molar-refractivity contribution in [3.63, 3.8) is 0 Å². The molecule has 1 aromatic rings. The van der Waals surface area contributed by atoms with E-state index < -0.39 is 0 Å². The Morgan fingerprint density at radius 3 is 2.84 bits per heavy atom. The summed E-state index contributed by atoms with van der Waals surface area (Å²) in [5.74, 6) is 0.141. The summed E-state index contributed by atoms with van der Waals surface area (Å²) < 4.78 is 0.880. The second kappa shape index (κ2) is 6.06. The van der Waals surface area contributed by atoms with Gasteiger partial charge in [-0.2, -0.15) is 0 Å². The fourth-order valence-corrected chi connectivity index (χ4v) is 2.31. The second-order valence-corrected chi connectivity index (χ2v) is 5.50. The zero-order chi connectivity index (χ0) is 13.8. The van der Waals surface area contributed by atoms with Gasteiger partial charge in [0, 0.05) is 29.0 Å². The van der Waals surface area contributed by atoms with E-state index in [0.29, 0.717) is 18.5 Å². The number of hydrogen-bond acceptors (Lipinski definition) is 3. The van der Waals surface area contributed by atoms with E-state index in [1.165, 1.54) is 0 Å². The van der Waals surface area contributed by atoms with Gasteiger partial charge in [0.2, 0.25) is 0 Å². The number of amides is 1. The van der Waals surface area contributed by atoms with Crippen molar-refractivity contribution in [3.8, 4) is 0 Å². The summed E-state index contributed by atoms with van der Waals surface area (Å²) in [6.45, 7) is 0.478. The highest BCUT2D eigenvalue weighted by atomic mass is 79.9. The molecule has 0 heterocycles. The topological polar surface area (TPSA) is 78.9 Å². The molecule has 1 aliphatic rings. The molecule has 0 aromatic heterocycles. The Morgan fingerprint density at radius 1 is 1.53 bits per heavy atom. The number of oxime groups is 1. The van der Waals surface area contributed by atoms with E-state index in [9.17, 15) is 4.79 Å². The molecule has 6 heteroatoms. The number of nitrogens with two attached hydrogens (primary N) is 1. The third-order valence-corrected chi connectivity index (χ3v) is 3.55. The third kappa shape index (κ3) is 3.70. The van der Waals surface area contributed by atoms with Crippen LogP contribution in [0, 0.1) is 0 Å². The molecule has 1 saturated carbocycles. The molecule has 19 heavy (non-hydrogen) atoms. The highest BCUT2D eigenvalue weighted by Crippen LogP contribution is 2.28. The average Bonchev–Trinajstić information content (AvgIpc) is 3.23. The monoisotopic (exact) mass is 325 g/mol. The minimum Gasteiger partial charge on any atom is -0.409 e. The van der Waals surface area contributed by atoms with Gasteiger partial charge in [0.25, 0.3) is 5.91 Å². The SMILES string of the molecule is N/C(CCN(C(=O)c1cccc(Br)c1)C1CC1)=N/O. The highest BCUT2D eigenvalue weighted by Gasteiger charge is 2.32. The summed E-state index contributed by atoms with van der Waals surface area (Å²) in [7, 11) is 0. The predicted molar refractivity (Wildman–Crippen MR) is 76.2 cm³/mol. The number of carbonyl (C=O) groups is 1. The lowest BCUT2D eigenvalue weighted by Gasteiger charge is -2.22. The van der Waals surface area contributed by atoms with Gasteiger partial charge >= 0.3 is 0 Å². The molecule has 1 amide bonds. The Balaban J connectivity index is 2.08. The standard InChI is InChI=1S/C13H16BrN3O2/c14-10-3-1-2-9(8-10)13(18)17(11-4-5-11)7-6-12(15)16-19/h1-3,8,11,19H,4-7H2,(H2,15,16). The molecule has 102 valence electrons. The van der Waals surface area contributed by atoms with Crippen LogP contribution in [0.15, 0.2) is 33.9 Å². The minimum absolute atomic E-state index is 0.00506. The van der Waals surface area contributed by atoms with E-state index in [2.05, 4.69) is 21.1 Å². The van der Waals surface area contributed by atoms with E-state index in [-0.39, 0.29) is 17.8 Å². The molecular weight excluding hydrogens is 310 g/mol. The van der Waals surface area contributed by atoms with Gasteiger partial charge in [-0.25, -0.2) is 0 Å². The van der Waals surface area contributed by atoms with Crippen molar-refractivity contribution in [1.82, 2.24) is 4.90 Å². The first kappa shape index (κ1) is 13.9. The Kier molecular flexibility index (Phi) is 4.42. The zero-order valence-electron chi connectivity index (χ0n) is 10.4. The summed E-state index contributed by atoms with van der Waals surface area (Å²) in [6, 6.07) is 7.62. The number of rotatable bonds is 5. The maximum atomic E-state index is 12.4. The first-order valence-electron chi connectivity index (χ1n) is 6.14. The van der Waals surface area contributed by atoms with Crippen molar-refractivity contribution >= 4 is 27.7 Å². The van der Waals surface area contributed by atoms with Crippen molar-refractivity contribution < 1.29 is 10.0 Å². The van der Waals surface area contributed by atoms with Crippen LogP contribution >= 0.6 is 15.9 Å². The Bertz CT molecular complexity index is 500. The van der Waals surface area contributed by atoms with Crippen LogP contribution in [0.2, 0.25) is 0 Å². The summed E-state index contributed by atoms with van der Waals surface area (Å²) >= 11 is 3.36. The van der Waals surface area contributed by atoms with Crippen molar-refractivity contribution in [2.75, 3.05) is 6.54 Å². The van der Waals surface area contributed by atoms with Gasteiger partial charge in [0.15, 0.2) is 0 Å². The van der Waals surface area contributed by atoms with Crippen LogP contribution in [0.1, 0.15) is 29.6 Å². The van der Waals surface area contributed by atoms with Crippen molar-refractivity contribution in [3.05, 3.63) is 34.3 Å². The molecule has 3 N–H and O–H groups in total. The van der Waals surface area contributed by atoms with Crippen LogP contribution in [0.3, 0.4) is 0 Å². The van der Waals surface area contributed by atoms with E-state index in [1.807, 2.05) is 12.1 Å². The molecule has 1 aromatic carbocycles. The molecule has 0 unspecified atom stereocenters. The molecule has 5 nitrogen and oxygen atoms in total. The minimum atomic E-state index is -0.00506. The smallest absolute Gasteiger partial charge is 0.254 e. The summed E-state index contributed by atoms with van der Waals surface area (Å²) in [4.78, 5) is 14.2. The second-order valence-electron chi connectivity index (χ2n) is 4.58. The number of halogens is 1. The molecule has 0 saturated heterocycles. The summed E-state index contributed by atoms with van der Waals surface area (Å²) in [5, 5.41) is 11.5. The van der Waals surface area contributed by atoms with Gasteiger partial charge in [-0.15, -0.1) is 0 Å². The normalized spacial score (nSPS) is 15.3. The predicted octanol–water partition coefficient (Wildman–Crippen LogP) is 2.19. The highest BCUT2D eigenvalue weighted by molar-refractivity contribution is 9.10. The third-order valence-electron chi connectivity index (χ3n) is 3.06. The lowest BCUT2D eigenvalue weighted by molar-refractivity contribution is 0.0747. The lowest BCUT2D eigenvalue weighted by Crippen LogP contribution is -2.35. The van der Waals surface area contributed by atoms with Crippen LogP contribution in [0.25, 0.3) is 0 Å². The average molecular weight is 326 g/mol. The van der Waals surface area contributed by atoms with Gasteiger partial charge in [-0.1, -0.05) is 27.2 Å². The molecule has 0 radical (unpaired) electrons. The number of hydrogen-bond donors (Lipinski definition) is 2. The van der Waals surface area contributed by atoms with Crippen molar-refractivity contribution in [1.29, 1.82) is 0 Å². The first-order valence-corrected chi connectivity index (χ1v) is 6.94. The number of nitrogens with zero attached hydrogens (tertiary/aromatic N) is 2. The van der Waals surface area contributed by atoms with E-state index in [1.54, 1.807) is 17.0 Å². The number of amidine groups is 1. The lowest BCUT2D eigenvalue weighted by atomic mass is 10.2. The Labute approximate surface area is 120 Å². The van der Waals surface area contributed by atoms with Crippen LogP contribution in [-0.4, -0.2) is 34.4 Å². The quantitative estimate of drug-likeness (QED) is 0.377. The van der Waals surface area contributed by atoms with E-state index in [0.717, 1.165) is 17.3 Å². The van der Waals surface area contributed by atoms with Gasteiger partial charge in [-0.3, -0.25) is 4.79 Å². The number of benzene rings is 1. The molecule has 0 spiro atoms. The fourth-order valence-electron chi connectivity index (χ4n) is 1.91. The van der Waals surface area contributed by atoms with Gasteiger partial charge < -0.3 is 15.8 Å². The molecular formula is C13H16BrN3O2. The van der Waals surface area contributed by atoms with E-state index in [4.69, 9.17) is 10.9 Å². The Hall–Kier alpha value is -1.56. The summed E-state index contributed by atoms with van der Waals surface area (Å²) in [6.07, 6.45) is 2.43. The first-order chi connectivity index (χ1) is 9.11. The molecule has 0 bridgehead atoms. The molecule has 0 atom stereocenters. The van der Waals surface area contributed by atoms with Gasteiger partial charge in [-0.05, 0) is 31.0 Å².